The first kappa shape index (κ1) is 56.4. The minimum absolute atomic E-state index is 0.0833. The summed E-state index contributed by atoms with van der Waals surface area (Å²) in [6.07, 6.45) is 56.6. The van der Waals surface area contributed by atoms with Gasteiger partial charge in [-0.05, 0) is 96.3 Å². The standard InChI is InChI=1S/C53H94O6/c1-4-7-10-13-16-19-22-25-26-27-28-29-32-34-37-40-43-46-52(55)58-49-50(59-53(56)47-44-41-38-35-31-24-21-18-15-12-9-6-3)48-57-51(54)45-42-39-36-33-30-23-20-17-14-11-8-5-2/h9,12,17-18,20-21,25-26,50H,4-8,10-11,13-16,19,22-24,27-49H2,1-3H3/b12-9-,20-17-,21-18-,26-25-. The maximum absolute atomic E-state index is 12.7. The highest BCUT2D eigenvalue weighted by molar-refractivity contribution is 5.71. The molecule has 0 amide bonds. The van der Waals surface area contributed by atoms with Gasteiger partial charge in [0.25, 0.3) is 0 Å². The van der Waals surface area contributed by atoms with Gasteiger partial charge in [-0.1, -0.05) is 185 Å². The number of rotatable bonds is 45. The Hall–Kier alpha value is -2.63. The Labute approximate surface area is 365 Å². The van der Waals surface area contributed by atoms with E-state index in [2.05, 4.69) is 69.4 Å². The monoisotopic (exact) mass is 827 g/mol. The van der Waals surface area contributed by atoms with Crippen molar-refractivity contribution in [2.45, 2.75) is 258 Å². The molecule has 0 saturated heterocycles. The van der Waals surface area contributed by atoms with Crippen molar-refractivity contribution in [3.8, 4) is 0 Å². The smallest absolute Gasteiger partial charge is 0.306 e. The second-order valence-corrected chi connectivity index (χ2v) is 16.7. The zero-order valence-electron chi connectivity index (χ0n) is 39.0. The summed E-state index contributed by atoms with van der Waals surface area (Å²) in [5.74, 6) is -0.908. The number of esters is 3. The lowest BCUT2D eigenvalue weighted by atomic mass is 10.1. The van der Waals surface area contributed by atoms with Crippen LogP contribution in [-0.4, -0.2) is 37.2 Å². The highest BCUT2D eigenvalue weighted by Crippen LogP contribution is 2.14. The van der Waals surface area contributed by atoms with Gasteiger partial charge in [0.1, 0.15) is 13.2 Å². The Kier molecular flexibility index (Phi) is 45.9. The average Bonchev–Trinajstić information content (AvgIpc) is 3.23. The molecule has 6 nitrogen and oxygen atoms in total. The van der Waals surface area contributed by atoms with Crippen LogP contribution in [0.3, 0.4) is 0 Å². The highest BCUT2D eigenvalue weighted by atomic mass is 16.6. The largest absolute Gasteiger partial charge is 0.462 e. The molecule has 1 atom stereocenters. The lowest BCUT2D eigenvalue weighted by Gasteiger charge is -2.18. The Morgan fingerprint density at radius 3 is 1.07 bits per heavy atom. The summed E-state index contributed by atoms with van der Waals surface area (Å²) in [4.78, 5) is 37.9. The quantitative estimate of drug-likeness (QED) is 0.0263. The van der Waals surface area contributed by atoms with Crippen molar-refractivity contribution in [3.63, 3.8) is 0 Å². The number of hydrogen-bond donors (Lipinski definition) is 0. The van der Waals surface area contributed by atoms with Crippen LogP contribution in [-0.2, 0) is 28.6 Å². The predicted molar refractivity (Wildman–Crippen MR) is 252 cm³/mol. The number of hydrogen-bond acceptors (Lipinski definition) is 6. The molecule has 0 aliphatic rings. The first-order chi connectivity index (χ1) is 29.0. The molecule has 0 N–H and O–H groups in total. The van der Waals surface area contributed by atoms with Crippen LogP contribution in [0.5, 0.6) is 0 Å². The fourth-order valence-corrected chi connectivity index (χ4v) is 7.00. The van der Waals surface area contributed by atoms with Crippen LogP contribution < -0.4 is 0 Å². The van der Waals surface area contributed by atoms with Gasteiger partial charge in [0.2, 0.25) is 0 Å². The molecule has 1 unspecified atom stereocenters. The van der Waals surface area contributed by atoms with Gasteiger partial charge in [0, 0.05) is 19.3 Å². The molecule has 0 radical (unpaired) electrons. The van der Waals surface area contributed by atoms with Gasteiger partial charge in [-0.15, -0.1) is 0 Å². The zero-order valence-corrected chi connectivity index (χ0v) is 39.0. The van der Waals surface area contributed by atoms with Gasteiger partial charge >= 0.3 is 17.9 Å². The zero-order chi connectivity index (χ0) is 43.0. The molecule has 0 aromatic heterocycles. The van der Waals surface area contributed by atoms with Crippen molar-refractivity contribution in [2.75, 3.05) is 13.2 Å². The third kappa shape index (κ3) is 46.3. The summed E-state index contributed by atoms with van der Waals surface area (Å²) in [6.45, 7) is 6.48. The normalized spacial score (nSPS) is 12.4. The molecule has 0 aromatic rings. The molecule has 0 bridgehead atoms. The third-order valence-electron chi connectivity index (χ3n) is 10.8. The van der Waals surface area contributed by atoms with Gasteiger partial charge in [0.15, 0.2) is 6.10 Å². The molecule has 0 fully saturated rings. The van der Waals surface area contributed by atoms with Crippen molar-refractivity contribution in [1.29, 1.82) is 0 Å². The summed E-state index contributed by atoms with van der Waals surface area (Å²) in [5.41, 5.74) is 0. The van der Waals surface area contributed by atoms with Crippen LogP contribution in [0.1, 0.15) is 252 Å². The lowest BCUT2D eigenvalue weighted by Crippen LogP contribution is -2.30. The molecule has 0 spiro atoms. The highest BCUT2D eigenvalue weighted by Gasteiger charge is 2.19. The molecule has 0 heterocycles. The molecular weight excluding hydrogens is 733 g/mol. The topological polar surface area (TPSA) is 78.9 Å². The number of allylic oxidation sites excluding steroid dienone is 8. The number of carbonyl (C=O) groups is 3. The van der Waals surface area contributed by atoms with E-state index in [9.17, 15) is 14.4 Å². The molecule has 0 aliphatic carbocycles. The van der Waals surface area contributed by atoms with Crippen molar-refractivity contribution in [1.82, 2.24) is 0 Å². The Bertz CT molecular complexity index is 1040. The van der Waals surface area contributed by atoms with E-state index < -0.39 is 6.10 Å². The molecule has 0 saturated carbocycles. The second kappa shape index (κ2) is 48.0. The molecule has 0 rings (SSSR count). The van der Waals surface area contributed by atoms with Crippen LogP contribution in [0.4, 0.5) is 0 Å². The second-order valence-electron chi connectivity index (χ2n) is 16.7. The first-order valence-corrected chi connectivity index (χ1v) is 25.1. The van der Waals surface area contributed by atoms with Crippen molar-refractivity contribution in [3.05, 3.63) is 48.6 Å². The summed E-state index contributed by atoms with van der Waals surface area (Å²) in [5, 5.41) is 0. The van der Waals surface area contributed by atoms with Crippen LogP contribution in [0, 0.1) is 0 Å². The van der Waals surface area contributed by atoms with Crippen LogP contribution >= 0.6 is 0 Å². The van der Waals surface area contributed by atoms with E-state index >= 15 is 0 Å². The fourth-order valence-electron chi connectivity index (χ4n) is 7.00. The van der Waals surface area contributed by atoms with Gasteiger partial charge in [-0.25, -0.2) is 0 Å². The molecule has 6 heteroatoms. The summed E-state index contributed by atoms with van der Waals surface area (Å²) >= 11 is 0. The van der Waals surface area contributed by atoms with E-state index in [1.54, 1.807) is 0 Å². The SMILES string of the molecule is CC/C=C\C/C=C\CCCCCCCC(=O)OC(COC(=O)CCCCCCC/C=C\CCCCC)COC(=O)CCCCCCCCC/C=C\CCCCCCCC. The van der Waals surface area contributed by atoms with Crippen LogP contribution in [0.15, 0.2) is 48.6 Å². The van der Waals surface area contributed by atoms with E-state index in [0.717, 1.165) is 96.3 Å². The number of carbonyl (C=O) groups excluding carboxylic acids is 3. The Morgan fingerprint density at radius 2 is 0.661 bits per heavy atom. The Morgan fingerprint density at radius 1 is 0.356 bits per heavy atom. The average molecular weight is 827 g/mol. The van der Waals surface area contributed by atoms with Crippen LogP contribution in [0.2, 0.25) is 0 Å². The number of ether oxygens (including phenoxy) is 3. The van der Waals surface area contributed by atoms with E-state index in [-0.39, 0.29) is 31.1 Å². The maximum atomic E-state index is 12.7. The van der Waals surface area contributed by atoms with Crippen molar-refractivity contribution >= 4 is 17.9 Å². The van der Waals surface area contributed by atoms with Gasteiger partial charge in [-0.3, -0.25) is 14.4 Å². The molecule has 342 valence electrons. The van der Waals surface area contributed by atoms with Crippen molar-refractivity contribution < 1.29 is 28.6 Å². The van der Waals surface area contributed by atoms with E-state index in [0.29, 0.717) is 19.3 Å². The Balaban J connectivity index is 4.36. The third-order valence-corrected chi connectivity index (χ3v) is 10.8. The first-order valence-electron chi connectivity index (χ1n) is 25.1. The van der Waals surface area contributed by atoms with E-state index in [1.807, 2.05) is 0 Å². The number of unbranched alkanes of at least 4 members (excludes halogenated alkanes) is 26. The maximum Gasteiger partial charge on any atom is 0.306 e. The molecule has 59 heavy (non-hydrogen) atoms. The van der Waals surface area contributed by atoms with Gasteiger partial charge in [-0.2, -0.15) is 0 Å². The fraction of sp³-hybridized carbons (Fsp3) is 0.792. The molecular formula is C53H94O6. The summed E-state index contributed by atoms with van der Waals surface area (Å²) in [6, 6.07) is 0. The minimum Gasteiger partial charge on any atom is -0.462 e. The minimum atomic E-state index is -0.783. The van der Waals surface area contributed by atoms with Crippen LogP contribution in [0.25, 0.3) is 0 Å². The summed E-state index contributed by atoms with van der Waals surface area (Å²) < 4.78 is 16.7. The van der Waals surface area contributed by atoms with Gasteiger partial charge < -0.3 is 14.2 Å². The predicted octanol–water partition coefficient (Wildman–Crippen LogP) is 16.3. The molecule has 0 aromatic carbocycles. The van der Waals surface area contributed by atoms with Gasteiger partial charge in [0.05, 0.1) is 0 Å². The van der Waals surface area contributed by atoms with E-state index in [1.165, 1.54) is 116 Å². The van der Waals surface area contributed by atoms with Crippen molar-refractivity contribution in [2.24, 2.45) is 0 Å². The lowest BCUT2D eigenvalue weighted by molar-refractivity contribution is -0.167. The van der Waals surface area contributed by atoms with E-state index in [4.69, 9.17) is 14.2 Å². The summed E-state index contributed by atoms with van der Waals surface area (Å²) in [7, 11) is 0. The molecule has 0 aliphatic heterocycles.